The van der Waals surface area contributed by atoms with E-state index >= 15 is 0 Å². The number of ether oxygens (including phenoxy) is 2. The van der Waals surface area contributed by atoms with Crippen LogP contribution in [0.15, 0.2) is 51.7 Å². The van der Waals surface area contributed by atoms with Crippen molar-refractivity contribution in [2.24, 2.45) is 0 Å². The van der Waals surface area contributed by atoms with E-state index in [1.165, 1.54) is 0 Å². The molecule has 0 unspecified atom stereocenters. The molecule has 3 aromatic rings. The second-order valence-electron chi connectivity index (χ2n) is 7.44. The van der Waals surface area contributed by atoms with E-state index in [0.717, 1.165) is 42.0 Å². The summed E-state index contributed by atoms with van der Waals surface area (Å²) in [7, 11) is 3.25. The lowest BCUT2D eigenvalue weighted by molar-refractivity contribution is -0.132. The molecule has 1 amide bonds. The van der Waals surface area contributed by atoms with Crippen molar-refractivity contribution in [1.29, 1.82) is 0 Å². The Kier molecular flexibility index (Phi) is 5.79. The molecule has 0 aliphatic carbocycles. The summed E-state index contributed by atoms with van der Waals surface area (Å²) >= 11 is 0. The molecule has 0 spiro atoms. The van der Waals surface area contributed by atoms with Crippen molar-refractivity contribution in [3.05, 3.63) is 58.6 Å². The molecule has 1 saturated heterocycles. The lowest BCUT2D eigenvalue weighted by Crippen LogP contribution is -2.31. The zero-order valence-electron chi connectivity index (χ0n) is 17.3. The zero-order chi connectivity index (χ0) is 21.1. The number of carbonyl (C=O) groups is 1. The van der Waals surface area contributed by atoms with Crippen molar-refractivity contribution >= 4 is 17.0 Å². The molecule has 1 aliphatic rings. The lowest BCUT2D eigenvalue weighted by Gasteiger charge is -2.26. The van der Waals surface area contributed by atoms with Gasteiger partial charge in [-0.05, 0) is 43.5 Å². The summed E-state index contributed by atoms with van der Waals surface area (Å²) in [4.78, 5) is 27.0. The first-order valence-electron chi connectivity index (χ1n) is 10.2. The van der Waals surface area contributed by atoms with E-state index in [0.29, 0.717) is 25.0 Å². The number of para-hydroxylation sites is 2. The molecule has 1 aliphatic heterocycles. The molecule has 0 bridgehead atoms. The van der Waals surface area contributed by atoms with Crippen LogP contribution in [0.25, 0.3) is 11.1 Å². The average Bonchev–Trinajstić information content (AvgIpc) is 3.38. The van der Waals surface area contributed by atoms with Crippen molar-refractivity contribution in [2.45, 2.75) is 38.3 Å². The van der Waals surface area contributed by atoms with Crippen LogP contribution in [0.3, 0.4) is 0 Å². The van der Waals surface area contributed by atoms with Gasteiger partial charge in [-0.25, -0.2) is 4.79 Å². The Morgan fingerprint density at radius 1 is 1.17 bits per heavy atom. The third-order valence-electron chi connectivity index (χ3n) is 5.72. The maximum Gasteiger partial charge on any atom is 0.419 e. The fraction of sp³-hybridized carbons (Fsp3) is 0.391. The van der Waals surface area contributed by atoms with Crippen LogP contribution in [0.4, 0.5) is 0 Å². The summed E-state index contributed by atoms with van der Waals surface area (Å²) in [6, 6.07) is 13.1. The Balaban J connectivity index is 1.44. The molecular formula is C23H26N2O5. The number of hydrogen-bond donors (Lipinski definition) is 0. The van der Waals surface area contributed by atoms with Gasteiger partial charge in [-0.1, -0.05) is 12.1 Å². The van der Waals surface area contributed by atoms with Gasteiger partial charge in [-0.15, -0.1) is 0 Å². The number of nitrogens with zero attached hydrogens (tertiary/aromatic N) is 2. The number of benzene rings is 2. The Morgan fingerprint density at radius 3 is 2.80 bits per heavy atom. The number of aromatic nitrogens is 1. The fourth-order valence-electron chi connectivity index (χ4n) is 4.24. The minimum absolute atomic E-state index is 0.00386. The molecule has 1 atom stereocenters. The minimum Gasteiger partial charge on any atom is -0.497 e. The van der Waals surface area contributed by atoms with E-state index in [-0.39, 0.29) is 17.7 Å². The molecule has 7 heteroatoms. The van der Waals surface area contributed by atoms with Gasteiger partial charge in [0.05, 0.1) is 25.8 Å². The molecular weight excluding hydrogens is 384 g/mol. The number of carbonyl (C=O) groups excluding carboxylic acids is 1. The summed E-state index contributed by atoms with van der Waals surface area (Å²) < 4.78 is 17.7. The molecule has 2 heterocycles. The number of hydrogen-bond acceptors (Lipinski definition) is 5. The lowest BCUT2D eigenvalue weighted by atomic mass is 10.0. The van der Waals surface area contributed by atoms with Crippen LogP contribution in [-0.2, 0) is 11.3 Å². The maximum absolute atomic E-state index is 13.0. The summed E-state index contributed by atoms with van der Waals surface area (Å²) in [6.07, 6.45) is 2.81. The fourth-order valence-corrected chi connectivity index (χ4v) is 4.24. The van der Waals surface area contributed by atoms with Crippen LogP contribution >= 0.6 is 0 Å². The van der Waals surface area contributed by atoms with Crippen molar-refractivity contribution < 1.29 is 18.7 Å². The van der Waals surface area contributed by atoms with Crippen molar-refractivity contribution in [3.63, 3.8) is 0 Å². The van der Waals surface area contributed by atoms with Crippen LogP contribution in [0.5, 0.6) is 11.5 Å². The molecule has 0 saturated carbocycles. The summed E-state index contributed by atoms with van der Waals surface area (Å²) in [6.45, 7) is 1.18. The van der Waals surface area contributed by atoms with Crippen LogP contribution in [-0.4, -0.2) is 36.1 Å². The number of methoxy groups -OCH3 is 2. The molecule has 7 nitrogen and oxygen atoms in total. The van der Waals surface area contributed by atoms with E-state index in [9.17, 15) is 9.59 Å². The molecule has 158 valence electrons. The van der Waals surface area contributed by atoms with Crippen LogP contribution in [0.1, 0.15) is 37.3 Å². The highest BCUT2D eigenvalue weighted by Crippen LogP contribution is 2.39. The summed E-state index contributed by atoms with van der Waals surface area (Å²) in [5, 5.41) is 0. The molecule has 1 aromatic heterocycles. The number of amides is 1. The summed E-state index contributed by atoms with van der Waals surface area (Å²) in [5.74, 6) is 1.17. The SMILES string of the molecule is COc1ccc([C@@H]2CCCN2C(=O)CCCn2c(=O)oc3ccccc32)c(OC)c1. The first-order valence-corrected chi connectivity index (χ1v) is 10.2. The smallest absolute Gasteiger partial charge is 0.419 e. The quantitative estimate of drug-likeness (QED) is 0.593. The third-order valence-corrected chi connectivity index (χ3v) is 5.72. The zero-order valence-corrected chi connectivity index (χ0v) is 17.3. The first-order chi connectivity index (χ1) is 14.6. The van der Waals surface area contributed by atoms with Gasteiger partial charge < -0.3 is 18.8 Å². The van der Waals surface area contributed by atoms with E-state index in [1.807, 2.05) is 41.3 Å². The van der Waals surface area contributed by atoms with E-state index in [2.05, 4.69) is 0 Å². The van der Waals surface area contributed by atoms with Gasteiger partial charge in [0, 0.05) is 31.1 Å². The normalized spacial score (nSPS) is 16.2. The maximum atomic E-state index is 13.0. The highest BCUT2D eigenvalue weighted by atomic mass is 16.5. The van der Waals surface area contributed by atoms with Gasteiger partial charge in [-0.3, -0.25) is 9.36 Å². The number of oxazole rings is 1. The van der Waals surface area contributed by atoms with Gasteiger partial charge in [0.2, 0.25) is 5.91 Å². The average molecular weight is 410 g/mol. The molecule has 0 N–H and O–H groups in total. The monoisotopic (exact) mass is 410 g/mol. The van der Waals surface area contributed by atoms with E-state index in [1.54, 1.807) is 24.9 Å². The Hall–Kier alpha value is -3.22. The molecule has 30 heavy (non-hydrogen) atoms. The van der Waals surface area contributed by atoms with Crippen LogP contribution in [0.2, 0.25) is 0 Å². The van der Waals surface area contributed by atoms with Crippen molar-refractivity contribution in [2.75, 3.05) is 20.8 Å². The van der Waals surface area contributed by atoms with Crippen molar-refractivity contribution in [1.82, 2.24) is 9.47 Å². The molecule has 2 aromatic carbocycles. The Morgan fingerprint density at radius 2 is 2.00 bits per heavy atom. The second kappa shape index (κ2) is 8.65. The number of rotatable bonds is 7. The first kappa shape index (κ1) is 20.1. The highest BCUT2D eigenvalue weighted by molar-refractivity contribution is 5.77. The number of likely N-dealkylation sites (tertiary alicyclic amines) is 1. The van der Waals surface area contributed by atoms with Crippen LogP contribution < -0.4 is 15.2 Å². The Bertz CT molecular complexity index is 1100. The molecule has 0 radical (unpaired) electrons. The highest BCUT2D eigenvalue weighted by Gasteiger charge is 2.31. The van der Waals surface area contributed by atoms with Gasteiger partial charge >= 0.3 is 5.76 Å². The third kappa shape index (κ3) is 3.79. The molecule has 4 rings (SSSR count). The minimum atomic E-state index is -0.384. The van der Waals surface area contributed by atoms with E-state index < -0.39 is 0 Å². The predicted molar refractivity (Wildman–Crippen MR) is 113 cm³/mol. The number of aryl methyl sites for hydroxylation is 1. The van der Waals surface area contributed by atoms with Crippen molar-refractivity contribution in [3.8, 4) is 11.5 Å². The van der Waals surface area contributed by atoms with Gasteiger partial charge in [0.15, 0.2) is 5.58 Å². The largest absolute Gasteiger partial charge is 0.497 e. The van der Waals surface area contributed by atoms with Gasteiger partial charge in [0.25, 0.3) is 0 Å². The predicted octanol–water partition coefficient (Wildman–Crippen LogP) is 3.76. The number of fused-ring (bicyclic) bond motifs is 1. The van der Waals surface area contributed by atoms with E-state index in [4.69, 9.17) is 13.9 Å². The topological polar surface area (TPSA) is 73.9 Å². The van der Waals surface area contributed by atoms with Crippen LogP contribution in [0, 0.1) is 0 Å². The Labute approximate surface area is 174 Å². The standard InChI is InChI=1S/C23H26N2O5/c1-28-16-11-12-17(21(15-16)29-2)18-8-5-13-24(18)22(26)10-6-14-25-19-7-3-4-9-20(19)30-23(25)27/h3-4,7,9,11-12,15,18H,5-6,8,10,13-14H2,1-2H3/t18-/m0/s1. The molecule has 1 fully saturated rings. The van der Waals surface area contributed by atoms with Gasteiger partial charge in [-0.2, -0.15) is 0 Å². The van der Waals surface area contributed by atoms with Gasteiger partial charge in [0.1, 0.15) is 11.5 Å². The second-order valence-corrected chi connectivity index (χ2v) is 7.44. The summed E-state index contributed by atoms with van der Waals surface area (Å²) in [5.41, 5.74) is 2.33.